The maximum absolute atomic E-state index is 12.2. The molecule has 0 spiro atoms. The summed E-state index contributed by atoms with van der Waals surface area (Å²) in [4.78, 5) is 28.1. The third-order valence-corrected chi connectivity index (χ3v) is 5.58. The minimum atomic E-state index is -3.89. The van der Waals surface area contributed by atoms with Gasteiger partial charge >= 0.3 is 5.97 Å². The Hall–Kier alpha value is -2.24. The molecule has 0 aliphatic rings. The molecule has 0 bridgehead atoms. The van der Waals surface area contributed by atoms with E-state index in [9.17, 15) is 18.0 Å². The molecule has 2 rings (SSSR count). The Morgan fingerprint density at radius 3 is 2.50 bits per heavy atom. The number of thiazole rings is 1. The average Bonchev–Trinajstić information content (AvgIpc) is 3.11. The van der Waals surface area contributed by atoms with Gasteiger partial charge in [0.25, 0.3) is 15.9 Å². The molecule has 0 aromatic carbocycles. The number of anilines is 1. The molecule has 9 nitrogen and oxygen atoms in total. The Kier molecular flexibility index (Phi) is 5.54. The van der Waals surface area contributed by atoms with Crippen LogP contribution in [0.3, 0.4) is 0 Å². The van der Waals surface area contributed by atoms with Crippen molar-refractivity contribution in [3.05, 3.63) is 28.5 Å². The quantitative estimate of drug-likeness (QED) is 0.735. The summed E-state index contributed by atoms with van der Waals surface area (Å²) in [6.45, 7) is 6.66. The fourth-order valence-corrected chi connectivity index (χ4v) is 4.16. The topological polar surface area (TPSA) is 128 Å². The monoisotopic (exact) mass is 401 g/mol. The Morgan fingerprint density at radius 1 is 1.27 bits per heavy atom. The van der Waals surface area contributed by atoms with Crippen LogP contribution in [-0.2, 0) is 14.8 Å². The molecule has 142 valence electrons. The van der Waals surface area contributed by atoms with Crippen LogP contribution in [0.4, 0.5) is 5.13 Å². The lowest BCUT2D eigenvalue weighted by atomic mass is 10.1. The molecule has 0 aliphatic carbocycles. The molecule has 0 unspecified atom stereocenters. The van der Waals surface area contributed by atoms with Crippen LogP contribution in [-0.4, -0.2) is 37.9 Å². The number of esters is 1. The molecule has 0 radical (unpaired) electrons. The number of nitrogens with zero attached hydrogens (tertiary/aromatic N) is 1. The SMILES string of the molecule is COC(=O)c1sc(NC(=O)c2ccc(S(=O)(=O)NC(C)(C)C)o2)nc1C. The summed E-state index contributed by atoms with van der Waals surface area (Å²) >= 11 is 0.946. The number of hydrogen-bond acceptors (Lipinski definition) is 8. The summed E-state index contributed by atoms with van der Waals surface area (Å²) in [7, 11) is -2.65. The minimum Gasteiger partial charge on any atom is -0.465 e. The second-order valence-electron chi connectivity index (χ2n) is 6.35. The number of amides is 1. The summed E-state index contributed by atoms with van der Waals surface area (Å²) in [6.07, 6.45) is 0. The number of hydrogen-bond donors (Lipinski definition) is 2. The molecule has 0 fully saturated rings. The first kappa shape index (κ1) is 20.1. The number of methoxy groups -OCH3 is 1. The van der Waals surface area contributed by atoms with Gasteiger partial charge < -0.3 is 9.15 Å². The summed E-state index contributed by atoms with van der Waals surface area (Å²) in [6, 6.07) is 2.43. The zero-order valence-electron chi connectivity index (χ0n) is 14.9. The lowest BCUT2D eigenvalue weighted by Crippen LogP contribution is -2.40. The van der Waals surface area contributed by atoms with Crippen LogP contribution in [0, 0.1) is 6.92 Å². The predicted molar refractivity (Wildman–Crippen MR) is 94.9 cm³/mol. The molecular formula is C15H19N3O6S2. The molecular weight excluding hydrogens is 382 g/mol. The average molecular weight is 401 g/mol. The zero-order chi connectivity index (χ0) is 19.7. The number of aromatic nitrogens is 1. The highest BCUT2D eigenvalue weighted by Crippen LogP contribution is 2.24. The van der Waals surface area contributed by atoms with E-state index in [1.165, 1.54) is 19.2 Å². The molecule has 0 aliphatic heterocycles. The van der Waals surface area contributed by atoms with Crippen molar-refractivity contribution < 1.29 is 27.2 Å². The lowest BCUT2D eigenvalue weighted by molar-refractivity contribution is 0.0605. The van der Waals surface area contributed by atoms with E-state index in [-0.39, 0.29) is 20.9 Å². The molecule has 2 N–H and O–H groups in total. The first-order valence-electron chi connectivity index (χ1n) is 7.44. The van der Waals surface area contributed by atoms with Crippen molar-refractivity contribution in [1.82, 2.24) is 9.71 Å². The largest absolute Gasteiger partial charge is 0.465 e. The second kappa shape index (κ2) is 7.17. The van der Waals surface area contributed by atoms with Crippen LogP contribution in [0.5, 0.6) is 0 Å². The van der Waals surface area contributed by atoms with E-state index in [1.807, 2.05) is 0 Å². The van der Waals surface area contributed by atoms with Gasteiger partial charge in [0, 0.05) is 5.54 Å². The van der Waals surface area contributed by atoms with Crippen molar-refractivity contribution in [2.24, 2.45) is 0 Å². The van der Waals surface area contributed by atoms with Gasteiger partial charge in [-0.15, -0.1) is 0 Å². The summed E-state index contributed by atoms with van der Waals surface area (Å²) in [5.74, 6) is -1.45. The lowest BCUT2D eigenvalue weighted by Gasteiger charge is -2.18. The number of carbonyl (C=O) groups is 2. The Morgan fingerprint density at radius 2 is 1.92 bits per heavy atom. The van der Waals surface area contributed by atoms with Gasteiger partial charge in [-0.3, -0.25) is 10.1 Å². The Bertz CT molecular complexity index is 937. The zero-order valence-corrected chi connectivity index (χ0v) is 16.5. The van der Waals surface area contributed by atoms with Crippen molar-refractivity contribution >= 4 is 38.4 Å². The van der Waals surface area contributed by atoms with Crippen LogP contribution in [0.2, 0.25) is 0 Å². The van der Waals surface area contributed by atoms with Crippen molar-refractivity contribution in [2.75, 3.05) is 12.4 Å². The molecule has 11 heteroatoms. The molecule has 1 amide bonds. The van der Waals surface area contributed by atoms with E-state index in [0.29, 0.717) is 5.69 Å². The fourth-order valence-electron chi connectivity index (χ4n) is 1.93. The Balaban J connectivity index is 2.17. The number of ether oxygens (including phenoxy) is 1. The first-order chi connectivity index (χ1) is 11.9. The van der Waals surface area contributed by atoms with E-state index < -0.39 is 27.4 Å². The number of nitrogens with one attached hydrogen (secondary N) is 2. The van der Waals surface area contributed by atoms with Gasteiger partial charge in [-0.1, -0.05) is 11.3 Å². The van der Waals surface area contributed by atoms with Gasteiger partial charge in [-0.2, -0.15) is 0 Å². The van der Waals surface area contributed by atoms with Crippen molar-refractivity contribution in [3.8, 4) is 0 Å². The van der Waals surface area contributed by atoms with E-state index in [4.69, 9.17) is 4.42 Å². The van der Waals surface area contributed by atoms with E-state index in [2.05, 4.69) is 19.8 Å². The third kappa shape index (κ3) is 4.68. The van der Waals surface area contributed by atoms with Gasteiger partial charge in [-0.25, -0.2) is 22.9 Å². The Labute approximate surface area is 154 Å². The van der Waals surface area contributed by atoms with Gasteiger partial charge in [0.15, 0.2) is 10.9 Å². The molecule has 0 saturated heterocycles. The maximum Gasteiger partial charge on any atom is 0.350 e. The molecule has 2 aromatic heterocycles. The van der Waals surface area contributed by atoms with Gasteiger partial charge in [0.1, 0.15) is 4.88 Å². The van der Waals surface area contributed by atoms with Gasteiger partial charge in [0.2, 0.25) is 5.09 Å². The predicted octanol–water partition coefficient (Wildman–Crippen LogP) is 2.16. The molecule has 26 heavy (non-hydrogen) atoms. The highest BCUT2D eigenvalue weighted by atomic mass is 32.2. The maximum atomic E-state index is 12.2. The van der Waals surface area contributed by atoms with E-state index in [1.54, 1.807) is 27.7 Å². The normalized spacial score (nSPS) is 12.0. The smallest absolute Gasteiger partial charge is 0.350 e. The highest BCUT2D eigenvalue weighted by Gasteiger charge is 2.26. The van der Waals surface area contributed by atoms with Crippen LogP contribution in [0.25, 0.3) is 0 Å². The molecule has 2 heterocycles. The van der Waals surface area contributed by atoms with Crippen LogP contribution >= 0.6 is 11.3 Å². The van der Waals surface area contributed by atoms with Crippen molar-refractivity contribution in [1.29, 1.82) is 0 Å². The van der Waals surface area contributed by atoms with Crippen LogP contribution in [0.1, 0.15) is 46.7 Å². The van der Waals surface area contributed by atoms with Crippen molar-refractivity contribution in [3.63, 3.8) is 0 Å². The number of aryl methyl sites for hydroxylation is 1. The molecule has 0 saturated carbocycles. The number of sulfonamides is 1. The van der Waals surface area contributed by atoms with Crippen molar-refractivity contribution in [2.45, 2.75) is 38.3 Å². The molecule has 0 atom stereocenters. The summed E-state index contributed by atoms with van der Waals surface area (Å²) in [5, 5.41) is 2.26. The minimum absolute atomic E-state index is 0.168. The summed E-state index contributed by atoms with van der Waals surface area (Å²) < 4.78 is 36.6. The summed E-state index contributed by atoms with van der Waals surface area (Å²) in [5.41, 5.74) is -0.286. The van der Waals surface area contributed by atoms with E-state index >= 15 is 0 Å². The first-order valence-corrected chi connectivity index (χ1v) is 9.74. The van der Waals surface area contributed by atoms with Gasteiger partial charge in [0.05, 0.1) is 12.8 Å². The van der Waals surface area contributed by atoms with Crippen LogP contribution < -0.4 is 10.0 Å². The second-order valence-corrected chi connectivity index (χ2v) is 8.97. The standard InChI is InChI=1S/C15H19N3O6S2/c1-8-11(13(20)23-5)25-14(16-8)17-12(19)9-6-7-10(24-9)26(21,22)18-15(2,3)4/h6-7,18H,1-5H3,(H,16,17,19). The number of rotatable bonds is 5. The number of carbonyl (C=O) groups excluding carboxylic acids is 2. The van der Waals surface area contributed by atoms with Crippen LogP contribution in [0.15, 0.2) is 21.6 Å². The van der Waals surface area contributed by atoms with E-state index in [0.717, 1.165) is 11.3 Å². The number of furan rings is 1. The van der Waals surface area contributed by atoms with Gasteiger partial charge in [-0.05, 0) is 39.8 Å². The highest BCUT2D eigenvalue weighted by molar-refractivity contribution is 7.89. The molecule has 2 aromatic rings. The third-order valence-electron chi connectivity index (χ3n) is 2.90. The fraction of sp³-hybridized carbons (Fsp3) is 0.400.